The van der Waals surface area contributed by atoms with E-state index in [0.717, 1.165) is 17.4 Å². The summed E-state index contributed by atoms with van der Waals surface area (Å²) in [6.07, 6.45) is 0.944. The Morgan fingerprint density at radius 3 is 2.94 bits per heavy atom. The maximum atomic E-state index is 12.2. The lowest BCUT2D eigenvalue weighted by atomic mass is 10.1. The molecule has 0 aromatic heterocycles. The Morgan fingerprint density at radius 1 is 1.59 bits per heavy atom. The van der Waals surface area contributed by atoms with Gasteiger partial charge in [0.25, 0.3) is 5.91 Å². The van der Waals surface area contributed by atoms with Gasteiger partial charge in [-0.05, 0) is 37.1 Å². The van der Waals surface area contributed by atoms with Crippen molar-refractivity contribution in [1.82, 2.24) is 4.90 Å². The van der Waals surface area contributed by atoms with Crippen LogP contribution in [0.25, 0.3) is 0 Å². The van der Waals surface area contributed by atoms with Crippen molar-refractivity contribution in [1.29, 1.82) is 0 Å². The molecule has 0 spiro atoms. The van der Waals surface area contributed by atoms with E-state index in [1.165, 1.54) is 6.07 Å². The van der Waals surface area contributed by atoms with Crippen molar-refractivity contribution in [2.45, 2.75) is 6.42 Å². The fourth-order valence-corrected chi connectivity index (χ4v) is 2.41. The molecule has 4 nitrogen and oxygen atoms in total. The third kappa shape index (κ3) is 2.61. The van der Waals surface area contributed by atoms with E-state index < -0.39 is 0 Å². The predicted octanol–water partition coefficient (Wildman–Crippen LogP) is 1.58. The minimum atomic E-state index is -0.119. The molecule has 0 saturated carbocycles. The molecule has 1 aromatic rings. The molecule has 1 amide bonds. The molecule has 1 aliphatic heterocycles. The first kappa shape index (κ1) is 12.4. The molecule has 2 rings (SSSR count). The summed E-state index contributed by atoms with van der Waals surface area (Å²) in [5.41, 5.74) is 5.94. The van der Waals surface area contributed by atoms with Gasteiger partial charge in [0.2, 0.25) is 0 Å². The van der Waals surface area contributed by atoms with Crippen molar-refractivity contribution < 1.29 is 9.90 Å². The highest BCUT2D eigenvalue weighted by molar-refractivity contribution is 9.10. The number of nitrogens with two attached hydrogens (primary N) is 1. The van der Waals surface area contributed by atoms with E-state index in [1.54, 1.807) is 17.0 Å². The van der Waals surface area contributed by atoms with Gasteiger partial charge in [-0.1, -0.05) is 15.9 Å². The zero-order valence-corrected chi connectivity index (χ0v) is 11.0. The molecule has 0 bridgehead atoms. The lowest BCUT2D eigenvalue weighted by Gasteiger charge is -2.17. The molecule has 1 heterocycles. The van der Waals surface area contributed by atoms with E-state index in [4.69, 9.17) is 5.73 Å². The van der Waals surface area contributed by atoms with Crippen molar-refractivity contribution in [2.75, 3.05) is 19.6 Å². The summed E-state index contributed by atoms with van der Waals surface area (Å²) in [5, 5.41) is 9.74. The number of phenols is 1. The fraction of sp³-hybridized carbons (Fsp3) is 0.417. The Hall–Kier alpha value is -1.07. The number of carbonyl (C=O) groups is 1. The maximum absolute atomic E-state index is 12.2. The van der Waals surface area contributed by atoms with Crippen LogP contribution < -0.4 is 5.73 Å². The number of nitrogens with zero attached hydrogens (tertiary/aromatic N) is 1. The van der Waals surface area contributed by atoms with Gasteiger partial charge in [-0.15, -0.1) is 0 Å². The van der Waals surface area contributed by atoms with E-state index in [0.29, 0.717) is 24.6 Å². The number of likely N-dealkylation sites (tertiary alicyclic amines) is 1. The highest BCUT2D eigenvalue weighted by Crippen LogP contribution is 2.25. The molecule has 1 saturated heterocycles. The summed E-state index contributed by atoms with van der Waals surface area (Å²) in [7, 11) is 0. The Balaban J connectivity index is 2.15. The van der Waals surface area contributed by atoms with Crippen LogP contribution in [0, 0.1) is 5.92 Å². The topological polar surface area (TPSA) is 66.6 Å². The molecular formula is C12H15BrN2O2. The van der Waals surface area contributed by atoms with Gasteiger partial charge >= 0.3 is 0 Å². The second-order valence-electron chi connectivity index (χ2n) is 4.30. The largest absolute Gasteiger partial charge is 0.507 e. The summed E-state index contributed by atoms with van der Waals surface area (Å²) in [6, 6.07) is 4.92. The molecule has 1 aromatic carbocycles. The number of rotatable bonds is 2. The number of amides is 1. The summed E-state index contributed by atoms with van der Waals surface area (Å²) in [4.78, 5) is 13.9. The van der Waals surface area contributed by atoms with Crippen LogP contribution in [0.4, 0.5) is 0 Å². The zero-order chi connectivity index (χ0) is 12.4. The predicted molar refractivity (Wildman–Crippen MR) is 68.9 cm³/mol. The number of benzene rings is 1. The molecule has 0 aliphatic carbocycles. The lowest BCUT2D eigenvalue weighted by Crippen LogP contribution is -2.29. The van der Waals surface area contributed by atoms with Crippen LogP contribution in [0.5, 0.6) is 5.75 Å². The highest BCUT2D eigenvalue weighted by atomic mass is 79.9. The molecule has 17 heavy (non-hydrogen) atoms. The van der Waals surface area contributed by atoms with Crippen molar-refractivity contribution in [3.63, 3.8) is 0 Å². The standard InChI is InChI=1S/C12H15BrN2O2/c13-9-1-2-10(11(16)5-9)12(17)15-4-3-8(6-14)7-15/h1-2,5,8,16H,3-4,6-7,14H2. The summed E-state index contributed by atoms with van der Waals surface area (Å²) < 4.78 is 0.757. The number of halogens is 1. The van der Waals surface area contributed by atoms with Gasteiger partial charge in [0, 0.05) is 17.6 Å². The van der Waals surface area contributed by atoms with Crippen molar-refractivity contribution in [2.24, 2.45) is 11.7 Å². The van der Waals surface area contributed by atoms with Gasteiger partial charge in [0.05, 0.1) is 5.56 Å². The minimum absolute atomic E-state index is 0.0144. The van der Waals surface area contributed by atoms with Crippen LogP contribution in [0.15, 0.2) is 22.7 Å². The Morgan fingerprint density at radius 2 is 2.35 bits per heavy atom. The Kier molecular flexibility index (Phi) is 3.69. The summed E-state index contributed by atoms with van der Waals surface area (Å²) in [6.45, 7) is 2.01. The summed E-state index contributed by atoms with van der Waals surface area (Å²) >= 11 is 3.25. The fourth-order valence-electron chi connectivity index (χ4n) is 2.07. The quantitative estimate of drug-likeness (QED) is 0.871. The van der Waals surface area contributed by atoms with Crippen LogP contribution in [-0.2, 0) is 0 Å². The lowest BCUT2D eigenvalue weighted by molar-refractivity contribution is 0.0784. The van der Waals surface area contributed by atoms with E-state index in [2.05, 4.69) is 15.9 Å². The molecule has 1 aliphatic rings. The second-order valence-corrected chi connectivity index (χ2v) is 5.22. The summed E-state index contributed by atoms with van der Waals surface area (Å²) in [5.74, 6) is 0.281. The average Bonchev–Trinajstić information content (AvgIpc) is 2.76. The first-order valence-electron chi connectivity index (χ1n) is 5.59. The van der Waals surface area contributed by atoms with Gasteiger partial charge in [-0.2, -0.15) is 0 Å². The minimum Gasteiger partial charge on any atom is -0.507 e. The highest BCUT2D eigenvalue weighted by Gasteiger charge is 2.27. The van der Waals surface area contributed by atoms with E-state index in [-0.39, 0.29) is 11.7 Å². The number of hydrogen-bond acceptors (Lipinski definition) is 3. The van der Waals surface area contributed by atoms with E-state index in [1.807, 2.05) is 0 Å². The van der Waals surface area contributed by atoms with Gasteiger partial charge in [-0.25, -0.2) is 0 Å². The Labute approximate surface area is 109 Å². The average molecular weight is 299 g/mol. The number of hydrogen-bond donors (Lipinski definition) is 2. The molecule has 0 radical (unpaired) electrons. The zero-order valence-electron chi connectivity index (χ0n) is 9.40. The molecule has 1 fully saturated rings. The third-order valence-electron chi connectivity index (χ3n) is 3.10. The van der Waals surface area contributed by atoms with E-state index in [9.17, 15) is 9.90 Å². The van der Waals surface area contributed by atoms with Crippen molar-refractivity contribution in [3.05, 3.63) is 28.2 Å². The van der Waals surface area contributed by atoms with Crippen LogP contribution in [-0.4, -0.2) is 35.5 Å². The van der Waals surface area contributed by atoms with Crippen LogP contribution in [0.3, 0.4) is 0 Å². The number of aromatic hydroxyl groups is 1. The van der Waals surface area contributed by atoms with Crippen LogP contribution in [0.1, 0.15) is 16.8 Å². The van der Waals surface area contributed by atoms with Gasteiger partial charge < -0.3 is 15.7 Å². The van der Waals surface area contributed by atoms with Gasteiger partial charge in [-0.3, -0.25) is 4.79 Å². The van der Waals surface area contributed by atoms with Crippen molar-refractivity contribution in [3.8, 4) is 5.75 Å². The second kappa shape index (κ2) is 5.06. The number of carbonyl (C=O) groups excluding carboxylic acids is 1. The molecular weight excluding hydrogens is 284 g/mol. The number of phenolic OH excluding ortho intramolecular Hbond substituents is 1. The third-order valence-corrected chi connectivity index (χ3v) is 3.59. The first-order valence-corrected chi connectivity index (χ1v) is 6.39. The van der Waals surface area contributed by atoms with Crippen molar-refractivity contribution >= 4 is 21.8 Å². The smallest absolute Gasteiger partial charge is 0.257 e. The molecule has 1 atom stereocenters. The normalized spacial score (nSPS) is 19.6. The van der Waals surface area contributed by atoms with Crippen LogP contribution >= 0.6 is 15.9 Å². The maximum Gasteiger partial charge on any atom is 0.257 e. The van der Waals surface area contributed by atoms with Gasteiger partial charge in [0.1, 0.15) is 5.75 Å². The van der Waals surface area contributed by atoms with Gasteiger partial charge in [0.15, 0.2) is 0 Å². The monoisotopic (exact) mass is 298 g/mol. The molecule has 1 unspecified atom stereocenters. The molecule has 5 heteroatoms. The van der Waals surface area contributed by atoms with E-state index >= 15 is 0 Å². The Bertz CT molecular complexity index is 437. The first-order chi connectivity index (χ1) is 8.11. The molecule has 3 N–H and O–H groups in total. The van der Waals surface area contributed by atoms with Crippen LogP contribution in [0.2, 0.25) is 0 Å². The SMILES string of the molecule is NCC1CCN(C(=O)c2ccc(Br)cc2O)C1. The molecule has 92 valence electrons.